The largest absolute Gasteiger partial charge is 0.394 e. The van der Waals surface area contributed by atoms with Crippen LogP contribution in [0.5, 0.6) is 0 Å². The van der Waals surface area contributed by atoms with E-state index in [1.807, 2.05) is 0 Å². The molecule has 3 N–H and O–H groups in total. The standard InChI is InChI=1S/C13H26N2O2/c1-2-17-12-4-7-15(8-5-12)11-3-6-13(14,9-11)10-16/h11-12,16H,2-10,14H2,1H3. The van der Waals surface area contributed by atoms with E-state index in [2.05, 4.69) is 11.8 Å². The molecule has 17 heavy (non-hydrogen) atoms. The van der Waals surface area contributed by atoms with E-state index in [-0.39, 0.29) is 12.1 Å². The summed E-state index contributed by atoms with van der Waals surface area (Å²) in [4.78, 5) is 2.54. The number of aliphatic hydroxyl groups excluding tert-OH is 1. The van der Waals surface area contributed by atoms with Gasteiger partial charge in [-0.15, -0.1) is 0 Å². The molecule has 0 bridgehead atoms. The molecule has 0 amide bonds. The maximum atomic E-state index is 9.29. The lowest BCUT2D eigenvalue weighted by Gasteiger charge is -2.36. The predicted molar refractivity (Wildman–Crippen MR) is 67.9 cm³/mol. The lowest BCUT2D eigenvalue weighted by atomic mass is 9.99. The van der Waals surface area contributed by atoms with Crippen molar-refractivity contribution in [2.75, 3.05) is 26.3 Å². The smallest absolute Gasteiger partial charge is 0.0611 e. The third-order valence-corrected chi connectivity index (χ3v) is 4.33. The van der Waals surface area contributed by atoms with E-state index >= 15 is 0 Å². The molecule has 0 aromatic carbocycles. The third kappa shape index (κ3) is 3.19. The molecule has 1 aliphatic heterocycles. The minimum absolute atomic E-state index is 0.124. The van der Waals surface area contributed by atoms with Gasteiger partial charge in [0.25, 0.3) is 0 Å². The summed E-state index contributed by atoms with van der Waals surface area (Å²) in [6, 6.07) is 0.578. The average Bonchev–Trinajstić information content (AvgIpc) is 2.74. The molecule has 4 heteroatoms. The van der Waals surface area contributed by atoms with Crippen LogP contribution in [0.3, 0.4) is 0 Å². The number of ether oxygens (including phenoxy) is 1. The predicted octanol–water partition coefficient (Wildman–Crippen LogP) is 0.730. The van der Waals surface area contributed by atoms with Crippen molar-refractivity contribution < 1.29 is 9.84 Å². The minimum Gasteiger partial charge on any atom is -0.394 e. The quantitative estimate of drug-likeness (QED) is 0.763. The molecule has 1 aliphatic carbocycles. The molecule has 0 radical (unpaired) electrons. The van der Waals surface area contributed by atoms with Gasteiger partial charge >= 0.3 is 0 Å². The van der Waals surface area contributed by atoms with Crippen molar-refractivity contribution in [3.05, 3.63) is 0 Å². The van der Waals surface area contributed by atoms with E-state index in [1.165, 1.54) is 0 Å². The lowest BCUT2D eigenvalue weighted by Crippen LogP contribution is -2.46. The highest BCUT2D eigenvalue weighted by atomic mass is 16.5. The first-order valence-electron chi connectivity index (χ1n) is 6.92. The van der Waals surface area contributed by atoms with Gasteiger partial charge in [0.15, 0.2) is 0 Å². The van der Waals surface area contributed by atoms with Crippen LogP contribution in [0.2, 0.25) is 0 Å². The van der Waals surface area contributed by atoms with Crippen molar-refractivity contribution in [1.82, 2.24) is 4.90 Å². The number of nitrogens with two attached hydrogens (primary N) is 1. The van der Waals surface area contributed by atoms with Gasteiger partial charge in [0, 0.05) is 31.3 Å². The Morgan fingerprint density at radius 1 is 1.35 bits per heavy atom. The maximum Gasteiger partial charge on any atom is 0.0611 e. The Morgan fingerprint density at radius 3 is 2.59 bits per heavy atom. The van der Waals surface area contributed by atoms with E-state index in [0.29, 0.717) is 12.1 Å². The number of piperidine rings is 1. The van der Waals surface area contributed by atoms with E-state index in [0.717, 1.165) is 51.8 Å². The molecule has 2 rings (SSSR count). The number of hydrogen-bond donors (Lipinski definition) is 2. The van der Waals surface area contributed by atoms with E-state index in [9.17, 15) is 5.11 Å². The van der Waals surface area contributed by atoms with Crippen LogP contribution in [-0.4, -0.2) is 54.0 Å². The maximum absolute atomic E-state index is 9.29. The molecule has 1 saturated carbocycles. The third-order valence-electron chi connectivity index (χ3n) is 4.33. The molecule has 2 fully saturated rings. The summed E-state index contributed by atoms with van der Waals surface area (Å²) in [5.74, 6) is 0. The van der Waals surface area contributed by atoms with Crippen LogP contribution in [-0.2, 0) is 4.74 Å². The molecule has 0 aromatic rings. The van der Waals surface area contributed by atoms with Gasteiger partial charge < -0.3 is 20.5 Å². The van der Waals surface area contributed by atoms with Crippen LogP contribution in [0.15, 0.2) is 0 Å². The fourth-order valence-corrected chi connectivity index (χ4v) is 3.23. The molecule has 0 aromatic heterocycles. The molecule has 2 atom stereocenters. The zero-order chi connectivity index (χ0) is 12.3. The number of nitrogens with zero attached hydrogens (tertiary/aromatic N) is 1. The topological polar surface area (TPSA) is 58.7 Å². The summed E-state index contributed by atoms with van der Waals surface area (Å²) in [6.45, 7) is 5.25. The zero-order valence-corrected chi connectivity index (χ0v) is 10.9. The number of aliphatic hydroxyl groups is 1. The van der Waals surface area contributed by atoms with Gasteiger partial charge in [-0.2, -0.15) is 0 Å². The van der Waals surface area contributed by atoms with Crippen molar-refractivity contribution in [1.29, 1.82) is 0 Å². The van der Waals surface area contributed by atoms with Crippen molar-refractivity contribution in [3.63, 3.8) is 0 Å². The molecule has 0 spiro atoms. The van der Waals surface area contributed by atoms with Gasteiger partial charge in [0.1, 0.15) is 0 Å². The van der Waals surface area contributed by atoms with Crippen LogP contribution >= 0.6 is 0 Å². The first-order chi connectivity index (χ1) is 8.17. The Hall–Kier alpha value is -0.160. The van der Waals surface area contributed by atoms with Crippen molar-refractivity contribution in [3.8, 4) is 0 Å². The second-order valence-electron chi connectivity index (χ2n) is 5.61. The van der Waals surface area contributed by atoms with Gasteiger partial charge in [-0.05, 0) is 39.0 Å². The monoisotopic (exact) mass is 242 g/mol. The summed E-state index contributed by atoms with van der Waals surface area (Å²) < 4.78 is 5.66. The fraction of sp³-hybridized carbons (Fsp3) is 1.00. The Kier molecular flexibility index (Phi) is 4.42. The molecular formula is C13H26N2O2. The summed E-state index contributed by atoms with van der Waals surface area (Å²) >= 11 is 0. The minimum atomic E-state index is -0.318. The molecule has 100 valence electrons. The average molecular weight is 242 g/mol. The molecular weight excluding hydrogens is 216 g/mol. The van der Waals surface area contributed by atoms with E-state index in [4.69, 9.17) is 10.5 Å². The summed E-state index contributed by atoms with van der Waals surface area (Å²) in [5, 5.41) is 9.29. The highest BCUT2D eigenvalue weighted by Gasteiger charge is 2.38. The van der Waals surface area contributed by atoms with Gasteiger partial charge in [0.05, 0.1) is 12.7 Å². The highest BCUT2D eigenvalue weighted by molar-refractivity contribution is 4.97. The van der Waals surface area contributed by atoms with Crippen LogP contribution < -0.4 is 5.73 Å². The number of hydrogen-bond acceptors (Lipinski definition) is 4. The fourth-order valence-electron chi connectivity index (χ4n) is 3.23. The van der Waals surface area contributed by atoms with E-state index in [1.54, 1.807) is 0 Å². The lowest BCUT2D eigenvalue weighted by molar-refractivity contribution is 0.00369. The summed E-state index contributed by atoms with van der Waals surface area (Å²) in [5.41, 5.74) is 5.81. The Bertz CT molecular complexity index is 242. The Balaban J connectivity index is 1.78. The Morgan fingerprint density at radius 2 is 2.06 bits per heavy atom. The van der Waals surface area contributed by atoms with Crippen LogP contribution in [0, 0.1) is 0 Å². The van der Waals surface area contributed by atoms with Crippen LogP contribution in [0.25, 0.3) is 0 Å². The van der Waals surface area contributed by atoms with Crippen LogP contribution in [0.4, 0.5) is 0 Å². The van der Waals surface area contributed by atoms with Gasteiger partial charge in [-0.1, -0.05) is 0 Å². The zero-order valence-electron chi connectivity index (χ0n) is 10.9. The van der Waals surface area contributed by atoms with Crippen molar-refractivity contribution in [2.24, 2.45) is 5.73 Å². The molecule has 1 heterocycles. The molecule has 1 saturated heterocycles. The SMILES string of the molecule is CCOC1CCN(C2CCC(N)(CO)C2)CC1. The summed E-state index contributed by atoms with van der Waals surface area (Å²) in [7, 11) is 0. The number of likely N-dealkylation sites (tertiary alicyclic amines) is 1. The number of rotatable bonds is 4. The second-order valence-corrected chi connectivity index (χ2v) is 5.61. The van der Waals surface area contributed by atoms with E-state index < -0.39 is 0 Å². The first-order valence-corrected chi connectivity index (χ1v) is 6.92. The van der Waals surface area contributed by atoms with Gasteiger partial charge in [-0.3, -0.25) is 0 Å². The summed E-state index contributed by atoms with van der Waals surface area (Å²) in [6.07, 6.45) is 5.78. The van der Waals surface area contributed by atoms with Crippen molar-refractivity contribution >= 4 is 0 Å². The highest BCUT2D eigenvalue weighted by Crippen LogP contribution is 2.32. The Labute approximate surface area is 104 Å². The first kappa shape index (κ1) is 13.3. The van der Waals surface area contributed by atoms with Gasteiger partial charge in [-0.25, -0.2) is 0 Å². The van der Waals surface area contributed by atoms with Gasteiger partial charge in [0.2, 0.25) is 0 Å². The normalized spacial score (nSPS) is 36.5. The molecule has 4 nitrogen and oxygen atoms in total. The van der Waals surface area contributed by atoms with Crippen molar-refractivity contribution in [2.45, 2.75) is 56.7 Å². The second kappa shape index (κ2) is 5.65. The molecule has 2 aliphatic rings. The molecule has 2 unspecified atom stereocenters. The van der Waals surface area contributed by atoms with Crippen LogP contribution in [0.1, 0.15) is 39.0 Å².